The molecule has 2 aromatic rings. The number of ether oxygens (including phenoxy) is 1. The fourth-order valence-electron chi connectivity index (χ4n) is 3.06. The van der Waals surface area contributed by atoms with Crippen molar-refractivity contribution in [2.24, 2.45) is 0 Å². The molecule has 0 unspecified atom stereocenters. The van der Waals surface area contributed by atoms with E-state index in [1.165, 1.54) is 28.6 Å². The minimum Gasteiger partial charge on any atom is -0.377 e. The van der Waals surface area contributed by atoms with Crippen molar-refractivity contribution in [3.05, 3.63) is 59.7 Å². The Morgan fingerprint density at radius 1 is 1.22 bits per heavy atom. The number of sulfonamides is 1. The molecule has 0 radical (unpaired) electrons. The standard InChI is InChI=1S/C20H24N2O4S/c1-15-5-3-6-17(13-15)21-20(23)16-8-10-19(11-9-16)27(24,25)22(2)14-18-7-4-12-26-18/h3,5-6,8-11,13,18H,4,7,12,14H2,1-2H3,(H,21,23)/t18-/m1/s1. The van der Waals surface area contributed by atoms with Crippen LogP contribution in [0.25, 0.3) is 0 Å². The molecule has 1 aliphatic heterocycles. The molecule has 0 aliphatic carbocycles. The molecule has 1 saturated heterocycles. The molecular weight excluding hydrogens is 364 g/mol. The number of anilines is 1. The van der Waals surface area contributed by atoms with Crippen molar-refractivity contribution in [2.45, 2.75) is 30.8 Å². The second kappa shape index (κ2) is 8.21. The number of hydrogen-bond donors (Lipinski definition) is 1. The molecule has 1 amide bonds. The topological polar surface area (TPSA) is 75.7 Å². The molecule has 7 heteroatoms. The van der Waals surface area contributed by atoms with Gasteiger partial charge in [-0.1, -0.05) is 12.1 Å². The largest absolute Gasteiger partial charge is 0.377 e. The zero-order valence-corrected chi connectivity index (χ0v) is 16.3. The van der Waals surface area contributed by atoms with Gasteiger partial charge in [-0.25, -0.2) is 8.42 Å². The summed E-state index contributed by atoms with van der Waals surface area (Å²) < 4.78 is 32.2. The van der Waals surface area contributed by atoms with Crippen LogP contribution in [0.2, 0.25) is 0 Å². The first-order valence-electron chi connectivity index (χ1n) is 8.92. The number of likely N-dealkylation sites (N-methyl/N-ethyl adjacent to an activating group) is 1. The molecule has 1 atom stereocenters. The van der Waals surface area contributed by atoms with Crippen molar-refractivity contribution in [3.8, 4) is 0 Å². The molecule has 144 valence electrons. The summed E-state index contributed by atoms with van der Waals surface area (Å²) in [6, 6.07) is 13.5. The van der Waals surface area contributed by atoms with Crippen LogP contribution in [0.15, 0.2) is 53.4 Å². The second-order valence-corrected chi connectivity index (χ2v) is 8.81. The van der Waals surface area contributed by atoms with Crippen LogP contribution in [0.4, 0.5) is 5.69 Å². The number of nitrogens with one attached hydrogen (secondary N) is 1. The Bertz CT molecular complexity index is 904. The highest BCUT2D eigenvalue weighted by Gasteiger charge is 2.26. The first kappa shape index (κ1) is 19.5. The lowest BCUT2D eigenvalue weighted by molar-refractivity contribution is 0.0979. The zero-order chi connectivity index (χ0) is 19.4. The van der Waals surface area contributed by atoms with Crippen LogP contribution >= 0.6 is 0 Å². The highest BCUT2D eigenvalue weighted by atomic mass is 32.2. The quantitative estimate of drug-likeness (QED) is 0.825. The van der Waals surface area contributed by atoms with Crippen LogP contribution < -0.4 is 5.32 Å². The van der Waals surface area contributed by atoms with Gasteiger partial charge < -0.3 is 10.1 Å². The molecule has 0 bridgehead atoms. The fourth-order valence-corrected chi connectivity index (χ4v) is 4.26. The molecule has 1 fully saturated rings. The summed E-state index contributed by atoms with van der Waals surface area (Å²) in [5.41, 5.74) is 2.15. The lowest BCUT2D eigenvalue weighted by Crippen LogP contribution is -2.34. The van der Waals surface area contributed by atoms with Crippen LogP contribution in [0, 0.1) is 6.92 Å². The van der Waals surface area contributed by atoms with E-state index in [0.29, 0.717) is 24.4 Å². The maximum absolute atomic E-state index is 12.7. The molecule has 0 spiro atoms. The van der Waals surface area contributed by atoms with Gasteiger partial charge in [-0.15, -0.1) is 0 Å². The van der Waals surface area contributed by atoms with Crippen molar-refractivity contribution < 1.29 is 17.9 Å². The maximum atomic E-state index is 12.7. The number of hydrogen-bond acceptors (Lipinski definition) is 4. The summed E-state index contributed by atoms with van der Waals surface area (Å²) in [4.78, 5) is 12.5. The average molecular weight is 388 g/mol. The van der Waals surface area contributed by atoms with Crippen LogP contribution in [-0.2, 0) is 14.8 Å². The first-order valence-corrected chi connectivity index (χ1v) is 10.4. The molecule has 27 heavy (non-hydrogen) atoms. The number of carbonyl (C=O) groups is 1. The van der Waals surface area contributed by atoms with Gasteiger partial charge >= 0.3 is 0 Å². The molecule has 1 heterocycles. The van der Waals surface area contributed by atoms with E-state index < -0.39 is 10.0 Å². The first-order chi connectivity index (χ1) is 12.9. The number of nitrogens with zero attached hydrogens (tertiary/aromatic N) is 1. The highest BCUT2D eigenvalue weighted by Crippen LogP contribution is 2.20. The Labute approximate surface area is 160 Å². The second-order valence-electron chi connectivity index (χ2n) is 6.77. The van der Waals surface area contributed by atoms with Crippen molar-refractivity contribution in [3.63, 3.8) is 0 Å². The van der Waals surface area contributed by atoms with Crippen molar-refractivity contribution in [1.82, 2.24) is 4.31 Å². The van der Waals surface area contributed by atoms with Crippen LogP contribution in [-0.4, -0.2) is 44.9 Å². The van der Waals surface area contributed by atoms with Gasteiger partial charge in [0.15, 0.2) is 0 Å². The molecule has 6 nitrogen and oxygen atoms in total. The van der Waals surface area contributed by atoms with Gasteiger partial charge in [0.2, 0.25) is 10.0 Å². The lowest BCUT2D eigenvalue weighted by atomic mass is 10.2. The number of carbonyl (C=O) groups excluding carboxylic acids is 1. The summed E-state index contributed by atoms with van der Waals surface area (Å²) in [6.07, 6.45) is 1.78. The summed E-state index contributed by atoms with van der Waals surface area (Å²) >= 11 is 0. The fraction of sp³-hybridized carbons (Fsp3) is 0.350. The summed E-state index contributed by atoms with van der Waals surface area (Å²) in [6.45, 7) is 2.96. The molecule has 1 N–H and O–H groups in total. The third-order valence-corrected chi connectivity index (χ3v) is 6.42. The van der Waals surface area contributed by atoms with E-state index in [-0.39, 0.29) is 16.9 Å². The summed E-state index contributed by atoms with van der Waals surface area (Å²) in [5, 5.41) is 2.81. The minimum atomic E-state index is -3.61. The van der Waals surface area contributed by atoms with Crippen LogP contribution in [0.1, 0.15) is 28.8 Å². The van der Waals surface area contributed by atoms with Crippen molar-refractivity contribution >= 4 is 21.6 Å². The molecular formula is C20H24N2O4S. The van der Waals surface area contributed by atoms with E-state index in [9.17, 15) is 13.2 Å². The highest BCUT2D eigenvalue weighted by molar-refractivity contribution is 7.89. The van der Waals surface area contributed by atoms with Crippen molar-refractivity contribution in [2.75, 3.05) is 25.5 Å². The number of aryl methyl sites for hydroxylation is 1. The van der Waals surface area contributed by atoms with E-state index in [2.05, 4.69) is 5.32 Å². The Morgan fingerprint density at radius 3 is 2.59 bits per heavy atom. The van der Waals surface area contributed by atoms with Gasteiger partial charge in [0.1, 0.15) is 0 Å². The Hall–Kier alpha value is -2.22. The van der Waals surface area contributed by atoms with Gasteiger partial charge in [-0.3, -0.25) is 4.79 Å². The van der Waals surface area contributed by atoms with E-state index in [0.717, 1.165) is 18.4 Å². The molecule has 0 saturated carbocycles. The van der Waals surface area contributed by atoms with Gasteiger partial charge in [0.05, 0.1) is 11.0 Å². The smallest absolute Gasteiger partial charge is 0.255 e. The van der Waals surface area contributed by atoms with Crippen LogP contribution in [0.3, 0.4) is 0 Å². The third-order valence-electron chi connectivity index (χ3n) is 4.59. The third kappa shape index (κ3) is 4.74. The zero-order valence-electron chi connectivity index (χ0n) is 15.5. The minimum absolute atomic E-state index is 0.0517. The Balaban J connectivity index is 1.69. The van der Waals surface area contributed by atoms with E-state index in [1.54, 1.807) is 7.05 Å². The van der Waals surface area contributed by atoms with Crippen molar-refractivity contribution in [1.29, 1.82) is 0 Å². The lowest BCUT2D eigenvalue weighted by Gasteiger charge is -2.20. The van der Waals surface area contributed by atoms with Gasteiger partial charge in [-0.2, -0.15) is 4.31 Å². The van der Waals surface area contributed by atoms with Gasteiger partial charge in [0, 0.05) is 31.5 Å². The molecule has 0 aromatic heterocycles. The summed E-state index contributed by atoms with van der Waals surface area (Å²) in [5.74, 6) is -0.280. The normalized spacial score (nSPS) is 17.2. The number of rotatable bonds is 6. The summed E-state index contributed by atoms with van der Waals surface area (Å²) in [7, 11) is -2.06. The SMILES string of the molecule is Cc1cccc(NC(=O)c2ccc(S(=O)(=O)N(C)C[C@H]3CCCO3)cc2)c1. The van der Waals surface area contributed by atoms with Gasteiger partial charge in [0.25, 0.3) is 5.91 Å². The molecule has 3 rings (SSSR count). The van der Waals surface area contributed by atoms with E-state index in [1.807, 2.05) is 31.2 Å². The Kier molecular flexibility index (Phi) is 5.94. The van der Waals surface area contributed by atoms with E-state index in [4.69, 9.17) is 4.74 Å². The molecule has 2 aromatic carbocycles. The Morgan fingerprint density at radius 2 is 1.96 bits per heavy atom. The van der Waals surface area contributed by atoms with Gasteiger partial charge in [-0.05, 0) is 61.7 Å². The number of amides is 1. The van der Waals surface area contributed by atoms with E-state index >= 15 is 0 Å². The average Bonchev–Trinajstić information content (AvgIpc) is 3.15. The number of benzene rings is 2. The predicted octanol–water partition coefficient (Wildman–Crippen LogP) is 3.05. The maximum Gasteiger partial charge on any atom is 0.255 e. The predicted molar refractivity (Wildman–Crippen MR) is 104 cm³/mol. The molecule has 1 aliphatic rings. The van der Waals surface area contributed by atoms with Crippen LogP contribution in [0.5, 0.6) is 0 Å². The monoisotopic (exact) mass is 388 g/mol.